The second kappa shape index (κ2) is 6.64. The van der Waals surface area contributed by atoms with E-state index in [1.54, 1.807) is 4.90 Å². The van der Waals surface area contributed by atoms with Gasteiger partial charge in [-0.05, 0) is 27.7 Å². The number of piperazine rings is 1. The van der Waals surface area contributed by atoms with Gasteiger partial charge < -0.3 is 14.2 Å². The van der Waals surface area contributed by atoms with Crippen molar-refractivity contribution in [1.82, 2.24) is 19.9 Å². The molecule has 1 unspecified atom stereocenters. The van der Waals surface area contributed by atoms with Crippen LogP contribution in [-0.2, 0) is 17.7 Å². The number of hydrogen-bond donors (Lipinski definition) is 0. The first-order chi connectivity index (χ1) is 10.3. The molecule has 1 saturated heterocycles. The van der Waals surface area contributed by atoms with E-state index >= 15 is 0 Å². The zero-order valence-electron chi connectivity index (χ0n) is 14.1. The highest BCUT2D eigenvalue weighted by Crippen LogP contribution is 2.16. The molecule has 0 aromatic carbocycles. The van der Waals surface area contributed by atoms with E-state index in [1.165, 1.54) is 0 Å². The minimum Gasteiger partial charge on any atom is -0.444 e. The first-order valence-corrected chi connectivity index (χ1v) is 7.82. The lowest BCUT2D eigenvalue weighted by Gasteiger charge is -2.39. The summed E-state index contributed by atoms with van der Waals surface area (Å²) < 4.78 is 10.7. The van der Waals surface area contributed by atoms with Gasteiger partial charge in [0, 0.05) is 32.1 Å². The molecule has 0 radical (unpaired) electrons. The number of ether oxygens (including phenoxy) is 1. The van der Waals surface area contributed by atoms with E-state index in [0.29, 0.717) is 25.5 Å². The summed E-state index contributed by atoms with van der Waals surface area (Å²) in [6.07, 6.45) is 0.524. The van der Waals surface area contributed by atoms with Crippen LogP contribution in [0.15, 0.2) is 4.52 Å². The van der Waals surface area contributed by atoms with Crippen molar-refractivity contribution in [2.45, 2.75) is 59.2 Å². The van der Waals surface area contributed by atoms with Gasteiger partial charge in [0.2, 0.25) is 5.89 Å². The van der Waals surface area contributed by atoms with E-state index in [0.717, 1.165) is 18.8 Å². The Bertz CT molecular complexity index is 509. The lowest BCUT2D eigenvalue weighted by atomic mass is 10.2. The van der Waals surface area contributed by atoms with Gasteiger partial charge in [0.1, 0.15) is 5.60 Å². The van der Waals surface area contributed by atoms with Crippen LogP contribution in [0.1, 0.15) is 46.3 Å². The first kappa shape index (κ1) is 16.7. The highest BCUT2D eigenvalue weighted by atomic mass is 16.6. The Morgan fingerprint density at radius 1 is 1.41 bits per heavy atom. The molecule has 7 nitrogen and oxygen atoms in total. The van der Waals surface area contributed by atoms with Crippen molar-refractivity contribution in [1.29, 1.82) is 0 Å². The number of carbonyl (C=O) groups excluding carboxylic acids is 1. The van der Waals surface area contributed by atoms with E-state index in [1.807, 2.05) is 27.7 Å². The van der Waals surface area contributed by atoms with Crippen LogP contribution in [0.4, 0.5) is 4.79 Å². The second-order valence-corrected chi connectivity index (χ2v) is 6.70. The molecule has 1 aromatic heterocycles. The van der Waals surface area contributed by atoms with E-state index < -0.39 is 5.60 Å². The van der Waals surface area contributed by atoms with Crippen LogP contribution < -0.4 is 0 Å². The zero-order chi connectivity index (χ0) is 16.3. The average molecular weight is 310 g/mol. The lowest BCUT2D eigenvalue weighted by molar-refractivity contribution is 0.00327. The maximum atomic E-state index is 12.1. The van der Waals surface area contributed by atoms with E-state index in [-0.39, 0.29) is 12.1 Å². The van der Waals surface area contributed by atoms with Gasteiger partial charge in [-0.15, -0.1) is 0 Å². The lowest BCUT2D eigenvalue weighted by Crippen LogP contribution is -2.54. The Morgan fingerprint density at radius 3 is 2.68 bits per heavy atom. The summed E-state index contributed by atoms with van der Waals surface area (Å²) in [6, 6.07) is 0.221. The van der Waals surface area contributed by atoms with Crippen LogP contribution in [-0.4, -0.2) is 57.3 Å². The number of aryl methyl sites for hydroxylation is 1. The molecule has 0 bridgehead atoms. The SMILES string of the molecule is CCc1noc(CN2CCN(C(=O)OC(C)(C)C)CC2C)n1. The number of hydrogen-bond acceptors (Lipinski definition) is 6. The van der Waals surface area contributed by atoms with E-state index in [4.69, 9.17) is 9.26 Å². The summed E-state index contributed by atoms with van der Waals surface area (Å²) in [5.41, 5.74) is -0.461. The third-order valence-corrected chi connectivity index (χ3v) is 3.58. The molecule has 0 aliphatic carbocycles. The quantitative estimate of drug-likeness (QED) is 0.851. The molecule has 1 fully saturated rings. The Hall–Kier alpha value is -1.63. The number of aromatic nitrogens is 2. The van der Waals surface area contributed by atoms with Crippen molar-refractivity contribution in [3.63, 3.8) is 0 Å². The first-order valence-electron chi connectivity index (χ1n) is 7.82. The van der Waals surface area contributed by atoms with Gasteiger partial charge in [-0.25, -0.2) is 4.79 Å². The molecule has 124 valence electrons. The minimum atomic E-state index is -0.461. The molecule has 2 heterocycles. The maximum absolute atomic E-state index is 12.1. The van der Waals surface area contributed by atoms with Crippen LogP contribution >= 0.6 is 0 Å². The Balaban J connectivity index is 1.88. The number of nitrogens with zero attached hydrogens (tertiary/aromatic N) is 4. The van der Waals surface area contributed by atoms with Crippen molar-refractivity contribution in [3.8, 4) is 0 Å². The highest BCUT2D eigenvalue weighted by Gasteiger charge is 2.30. The average Bonchev–Trinajstić information content (AvgIpc) is 2.87. The fourth-order valence-electron chi connectivity index (χ4n) is 2.39. The number of carbonyl (C=O) groups is 1. The van der Waals surface area contributed by atoms with Crippen LogP contribution in [0.5, 0.6) is 0 Å². The summed E-state index contributed by atoms with van der Waals surface area (Å²) in [5.74, 6) is 1.37. The Morgan fingerprint density at radius 2 is 2.14 bits per heavy atom. The predicted octanol–water partition coefficient (Wildman–Crippen LogP) is 2.07. The monoisotopic (exact) mass is 310 g/mol. The van der Waals surface area contributed by atoms with Crippen LogP contribution in [0.3, 0.4) is 0 Å². The molecule has 0 N–H and O–H groups in total. The highest BCUT2D eigenvalue weighted by molar-refractivity contribution is 5.68. The zero-order valence-corrected chi connectivity index (χ0v) is 14.1. The van der Waals surface area contributed by atoms with Crippen LogP contribution in [0, 0.1) is 0 Å². The molecule has 0 saturated carbocycles. The molecule has 1 atom stereocenters. The van der Waals surface area contributed by atoms with Gasteiger partial charge >= 0.3 is 6.09 Å². The Kier molecular flexibility index (Phi) is 5.05. The molecule has 1 aliphatic rings. The van der Waals surface area contributed by atoms with Crippen molar-refractivity contribution >= 4 is 6.09 Å². The smallest absolute Gasteiger partial charge is 0.410 e. The summed E-state index contributed by atoms with van der Waals surface area (Å²) in [6.45, 7) is 12.4. The van der Waals surface area contributed by atoms with Gasteiger partial charge in [-0.1, -0.05) is 12.1 Å². The molecule has 2 rings (SSSR count). The standard InChI is InChI=1S/C15H26N4O3/c1-6-12-16-13(22-17-12)10-18-7-8-19(9-11(18)2)14(20)21-15(3,4)5/h11H,6-10H2,1-5H3. The van der Waals surface area contributed by atoms with Crippen LogP contribution in [0.25, 0.3) is 0 Å². The third-order valence-electron chi connectivity index (χ3n) is 3.58. The molecule has 1 amide bonds. The fourth-order valence-corrected chi connectivity index (χ4v) is 2.39. The van der Waals surface area contributed by atoms with Gasteiger partial charge in [0.25, 0.3) is 0 Å². The van der Waals surface area contributed by atoms with Gasteiger partial charge in [0.05, 0.1) is 6.54 Å². The molecule has 1 aromatic rings. The van der Waals surface area contributed by atoms with Crippen molar-refractivity contribution in [2.24, 2.45) is 0 Å². The summed E-state index contributed by atoms with van der Waals surface area (Å²) >= 11 is 0. The number of amides is 1. The van der Waals surface area contributed by atoms with E-state index in [2.05, 4.69) is 22.0 Å². The summed E-state index contributed by atoms with van der Waals surface area (Å²) in [5, 5.41) is 3.91. The summed E-state index contributed by atoms with van der Waals surface area (Å²) in [7, 11) is 0. The third kappa shape index (κ3) is 4.43. The second-order valence-electron chi connectivity index (χ2n) is 6.70. The molecule has 1 aliphatic heterocycles. The molecule has 0 spiro atoms. The normalized spacial score (nSPS) is 20.2. The predicted molar refractivity (Wildman–Crippen MR) is 81.4 cm³/mol. The fraction of sp³-hybridized carbons (Fsp3) is 0.800. The Labute approximate surface area is 131 Å². The topological polar surface area (TPSA) is 71.7 Å². The molecular formula is C15H26N4O3. The minimum absolute atomic E-state index is 0.221. The van der Waals surface area contributed by atoms with Crippen molar-refractivity contribution in [2.75, 3.05) is 19.6 Å². The molecule has 22 heavy (non-hydrogen) atoms. The largest absolute Gasteiger partial charge is 0.444 e. The van der Waals surface area contributed by atoms with Gasteiger partial charge in [-0.2, -0.15) is 4.98 Å². The van der Waals surface area contributed by atoms with Crippen molar-refractivity contribution in [3.05, 3.63) is 11.7 Å². The summed E-state index contributed by atoms with van der Waals surface area (Å²) in [4.78, 5) is 20.5. The molecule has 7 heteroatoms. The van der Waals surface area contributed by atoms with Gasteiger partial charge in [-0.3, -0.25) is 4.90 Å². The van der Waals surface area contributed by atoms with Crippen LogP contribution in [0.2, 0.25) is 0 Å². The molecular weight excluding hydrogens is 284 g/mol. The number of rotatable bonds is 3. The van der Waals surface area contributed by atoms with Gasteiger partial charge in [0.15, 0.2) is 5.82 Å². The van der Waals surface area contributed by atoms with E-state index in [9.17, 15) is 4.79 Å². The van der Waals surface area contributed by atoms with Crippen molar-refractivity contribution < 1.29 is 14.1 Å². The maximum Gasteiger partial charge on any atom is 0.410 e.